The number of amides is 1. The number of ether oxygens (including phenoxy) is 3. The van der Waals surface area contributed by atoms with Crippen LogP contribution in [0.3, 0.4) is 0 Å². The molecule has 0 spiro atoms. The predicted molar refractivity (Wildman–Crippen MR) is 94.7 cm³/mol. The highest BCUT2D eigenvalue weighted by atomic mass is 16.5. The van der Waals surface area contributed by atoms with Crippen molar-refractivity contribution in [3.8, 4) is 17.2 Å². The van der Waals surface area contributed by atoms with Gasteiger partial charge in [-0.3, -0.25) is 4.79 Å². The fourth-order valence-corrected chi connectivity index (χ4v) is 3.06. The molecule has 5 heteroatoms. The van der Waals surface area contributed by atoms with Crippen LogP contribution in [0, 0.1) is 5.92 Å². The molecule has 0 radical (unpaired) electrons. The average Bonchev–Trinajstić information content (AvgIpc) is 2.64. The van der Waals surface area contributed by atoms with Crippen LogP contribution in [0.4, 0.5) is 0 Å². The lowest BCUT2D eigenvalue weighted by Crippen LogP contribution is -2.28. The van der Waals surface area contributed by atoms with Crippen molar-refractivity contribution in [2.75, 3.05) is 27.9 Å². The Morgan fingerprint density at radius 1 is 1.08 bits per heavy atom. The second kappa shape index (κ2) is 9.21. The minimum Gasteiger partial charge on any atom is -0.493 e. The van der Waals surface area contributed by atoms with E-state index < -0.39 is 0 Å². The normalized spacial score (nSPS) is 15.3. The van der Waals surface area contributed by atoms with Crippen LogP contribution in [0.5, 0.6) is 17.2 Å². The minimum absolute atomic E-state index is 0.0747. The largest absolute Gasteiger partial charge is 0.493 e. The summed E-state index contributed by atoms with van der Waals surface area (Å²) in [5, 5.41) is 2.99. The van der Waals surface area contributed by atoms with Gasteiger partial charge in [-0.25, -0.2) is 0 Å². The van der Waals surface area contributed by atoms with Crippen molar-refractivity contribution in [2.45, 2.75) is 32.1 Å². The van der Waals surface area contributed by atoms with Gasteiger partial charge in [0.25, 0.3) is 0 Å². The van der Waals surface area contributed by atoms with Crippen LogP contribution in [0.1, 0.15) is 37.7 Å². The van der Waals surface area contributed by atoms with Gasteiger partial charge in [-0.2, -0.15) is 0 Å². The van der Waals surface area contributed by atoms with Crippen LogP contribution in [-0.2, 0) is 4.79 Å². The molecule has 0 aliphatic heterocycles. The monoisotopic (exact) mass is 333 g/mol. The van der Waals surface area contributed by atoms with Crippen molar-refractivity contribution >= 4 is 12.0 Å². The van der Waals surface area contributed by atoms with Crippen LogP contribution in [-0.4, -0.2) is 33.8 Å². The highest BCUT2D eigenvalue weighted by molar-refractivity contribution is 5.91. The van der Waals surface area contributed by atoms with E-state index in [-0.39, 0.29) is 5.91 Å². The van der Waals surface area contributed by atoms with Crippen molar-refractivity contribution in [3.05, 3.63) is 23.8 Å². The summed E-state index contributed by atoms with van der Waals surface area (Å²) >= 11 is 0. The van der Waals surface area contributed by atoms with Crippen molar-refractivity contribution in [2.24, 2.45) is 5.92 Å². The molecule has 132 valence electrons. The van der Waals surface area contributed by atoms with Crippen LogP contribution < -0.4 is 19.5 Å². The molecule has 1 aliphatic carbocycles. The Labute approximate surface area is 144 Å². The number of rotatable bonds is 7. The van der Waals surface area contributed by atoms with E-state index >= 15 is 0 Å². The molecule has 1 amide bonds. The zero-order chi connectivity index (χ0) is 17.4. The lowest BCUT2D eigenvalue weighted by Gasteiger charge is -2.21. The SMILES string of the molecule is COc1cc(/C=C/C(=O)NCC2CCCCC2)cc(OC)c1OC. The first-order valence-electron chi connectivity index (χ1n) is 8.43. The van der Waals surface area contributed by atoms with Gasteiger partial charge in [0.2, 0.25) is 11.7 Å². The zero-order valence-corrected chi connectivity index (χ0v) is 14.8. The van der Waals surface area contributed by atoms with Gasteiger partial charge in [0.15, 0.2) is 11.5 Å². The maximum absolute atomic E-state index is 12.0. The Bertz CT molecular complexity index is 552. The standard InChI is InChI=1S/C19H27NO4/c1-22-16-11-15(12-17(23-2)19(16)24-3)9-10-18(21)20-13-14-7-5-4-6-8-14/h9-12,14H,4-8,13H2,1-3H3,(H,20,21)/b10-9+. The molecule has 0 aromatic heterocycles. The highest BCUT2D eigenvalue weighted by Crippen LogP contribution is 2.38. The third kappa shape index (κ3) is 4.91. The fourth-order valence-electron chi connectivity index (χ4n) is 3.06. The highest BCUT2D eigenvalue weighted by Gasteiger charge is 2.14. The molecule has 1 aromatic rings. The number of nitrogens with one attached hydrogen (secondary N) is 1. The third-order valence-corrected chi connectivity index (χ3v) is 4.40. The molecule has 1 aromatic carbocycles. The van der Waals surface area contributed by atoms with E-state index in [9.17, 15) is 4.79 Å². The molecule has 1 N–H and O–H groups in total. The quantitative estimate of drug-likeness (QED) is 0.777. The third-order valence-electron chi connectivity index (χ3n) is 4.40. The number of hydrogen-bond donors (Lipinski definition) is 1. The summed E-state index contributed by atoms with van der Waals surface area (Å²) in [7, 11) is 4.71. The molecule has 24 heavy (non-hydrogen) atoms. The van der Waals surface area contributed by atoms with E-state index in [4.69, 9.17) is 14.2 Å². The number of carbonyl (C=O) groups excluding carboxylic acids is 1. The predicted octanol–water partition coefficient (Wildman–Crippen LogP) is 3.42. The van der Waals surface area contributed by atoms with Crippen LogP contribution in [0.25, 0.3) is 6.08 Å². The van der Waals surface area contributed by atoms with Gasteiger partial charge in [0.1, 0.15) is 0 Å². The Kier molecular flexibility index (Phi) is 6.97. The Hall–Kier alpha value is -2.17. The van der Waals surface area contributed by atoms with E-state index in [0.29, 0.717) is 23.2 Å². The molecular weight excluding hydrogens is 306 g/mol. The molecule has 0 unspecified atom stereocenters. The van der Waals surface area contributed by atoms with Crippen LogP contribution >= 0.6 is 0 Å². The second-order valence-electron chi connectivity index (χ2n) is 6.04. The molecule has 1 fully saturated rings. The van der Waals surface area contributed by atoms with Crippen molar-refractivity contribution in [1.82, 2.24) is 5.32 Å². The number of hydrogen-bond acceptors (Lipinski definition) is 4. The molecule has 0 heterocycles. The minimum atomic E-state index is -0.0747. The fraction of sp³-hybridized carbons (Fsp3) is 0.526. The zero-order valence-electron chi connectivity index (χ0n) is 14.8. The Morgan fingerprint density at radius 3 is 2.25 bits per heavy atom. The van der Waals surface area contributed by atoms with Crippen molar-refractivity contribution in [3.63, 3.8) is 0 Å². The Balaban J connectivity index is 1.98. The molecule has 2 rings (SSSR count). The van der Waals surface area contributed by atoms with Crippen LogP contribution in [0.15, 0.2) is 18.2 Å². The number of benzene rings is 1. The summed E-state index contributed by atoms with van der Waals surface area (Å²) in [4.78, 5) is 12.0. The number of methoxy groups -OCH3 is 3. The van der Waals surface area contributed by atoms with Gasteiger partial charge < -0.3 is 19.5 Å². The van der Waals surface area contributed by atoms with E-state index in [1.807, 2.05) is 12.1 Å². The van der Waals surface area contributed by atoms with Gasteiger partial charge >= 0.3 is 0 Å². The van der Waals surface area contributed by atoms with Crippen LogP contribution in [0.2, 0.25) is 0 Å². The average molecular weight is 333 g/mol. The molecule has 1 aliphatic rings. The molecular formula is C19H27NO4. The summed E-state index contributed by atoms with van der Waals surface area (Å²) in [6.45, 7) is 0.762. The van der Waals surface area contributed by atoms with E-state index in [1.54, 1.807) is 33.5 Å². The summed E-state index contributed by atoms with van der Waals surface area (Å²) in [6, 6.07) is 3.62. The molecule has 1 saturated carbocycles. The second-order valence-corrected chi connectivity index (χ2v) is 6.04. The van der Waals surface area contributed by atoms with Crippen molar-refractivity contribution < 1.29 is 19.0 Å². The summed E-state index contributed by atoms with van der Waals surface area (Å²) in [6.07, 6.45) is 9.62. The first kappa shape index (κ1) is 18.2. The summed E-state index contributed by atoms with van der Waals surface area (Å²) in [5.74, 6) is 2.23. The summed E-state index contributed by atoms with van der Waals surface area (Å²) < 4.78 is 15.9. The molecule has 0 saturated heterocycles. The molecule has 5 nitrogen and oxygen atoms in total. The smallest absolute Gasteiger partial charge is 0.244 e. The Morgan fingerprint density at radius 2 is 1.71 bits per heavy atom. The van der Waals surface area contributed by atoms with Gasteiger partial charge in [0.05, 0.1) is 21.3 Å². The maximum Gasteiger partial charge on any atom is 0.244 e. The molecule has 0 atom stereocenters. The van der Waals surface area contributed by atoms with Gasteiger partial charge in [-0.1, -0.05) is 19.3 Å². The van der Waals surface area contributed by atoms with Crippen molar-refractivity contribution in [1.29, 1.82) is 0 Å². The van der Waals surface area contributed by atoms with Gasteiger partial charge in [0, 0.05) is 12.6 Å². The summed E-state index contributed by atoms with van der Waals surface area (Å²) in [5.41, 5.74) is 0.817. The first-order valence-corrected chi connectivity index (χ1v) is 8.43. The lowest BCUT2D eigenvalue weighted by molar-refractivity contribution is -0.116. The maximum atomic E-state index is 12.0. The van der Waals surface area contributed by atoms with E-state index in [2.05, 4.69) is 5.32 Å². The number of carbonyl (C=O) groups is 1. The first-order chi connectivity index (χ1) is 11.7. The van der Waals surface area contributed by atoms with E-state index in [0.717, 1.165) is 12.1 Å². The lowest BCUT2D eigenvalue weighted by atomic mass is 9.89. The van der Waals surface area contributed by atoms with Gasteiger partial charge in [-0.15, -0.1) is 0 Å². The van der Waals surface area contributed by atoms with Gasteiger partial charge in [-0.05, 0) is 42.5 Å². The topological polar surface area (TPSA) is 56.8 Å². The van der Waals surface area contributed by atoms with E-state index in [1.165, 1.54) is 32.1 Å². The molecule has 0 bridgehead atoms.